The second-order valence-corrected chi connectivity index (χ2v) is 8.45. The molecule has 180 valence electrons. The van der Waals surface area contributed by atoms with Crippen LogP contribution in [0.2, 0.25) is 0 Å². The number of halogens is 2. The third-order valence-corrected chi connectivity index (χ3v) is 6.00. The molecule has 2 aromatic heterocycles. The quantitative estimate of drug-likeness (QED) is 0.304. The van der Waals surface area contributed by atoms with Gasteiger partial charge in [-0.2, -0.15) is 0 Å². The van der Waals surface area contributed by atoms with E-state index in [-0.39, 0.29) is 33.7 Å². The highest BCUT2D eigenvalue weighted by molar-refractivity contribution is 5.81. The molecule has 37 heavy (non-hydrogen) atoms. The van der Waals surface area contributed by atoms with Crippen LogP contribution in [0, 0.1) is 11.6 Å². The summed E-state index contributed by atoms with van der Waals surface area (Å²) in [6.07, 6.45) is 0.398. The van der Waals surface area contributed by atoms with Crippen LogP contribution in [0.4, 0.5) is 8.78 Å². The maximum Gasteiger partial charge on any atom is 0.347 e. The van der Waals surface area contributed by atoms with Crippen molar-refractivity contribution in [1.29, 1.82) is 0 Å². The maximum atomic E-state index is 14.1. The van der Waals surface area contributed by atoms with Gasteiger partial charge in [0.25, 0.3) is 0 Å². The molecule has 8 heteroatoms. The summed E-state index contributed by atoms with van der Waals surface area (Å²) < 4.78 is 38.8. The normalized spacial score (nSPS) is 11.3. The predicted octanol–water partition coefficient (Wildman–Crippen LogP) is 5.89. The van der Waals surface area contributed by atoms with E-state index in [0.717, 1.165) is 11.1 Å². The van der Waals surface area contributed by atoms with E-state index in [1.807, 2.05) is 0 Å². The number of nitrogens with zero attached hydrogens (tertiary/aromatic N) is 2. The molecule has 0 fully saturated rings. The molecule has 0 unspecified atom stereocenters. The minimum absolute atomic E-state index is 0.0909. The average Bonchev–Trinajstić information content (AvgIpc) is 2.90. The van der Waals surface area contributed by atoms with Crippen molar-refractivity contribution in [3.05, 3.63) is 129 Å². The van der Waals surface area contributed by atoms with E-state index >= 15 is 0 Å². The fraction of sp³-hybridized carbons (Fsp3) is 0.0345. The molecule has 0 aliphatic carbocycles. The Hall–Kier alpha value is -4.98. The van der Waals surface area contributed by atoms with Crippen molar-refractivity contribution in [2.45, 2.75) is 6.42 Å². The summed E-state index contributed by atoms with van der Waals surface area (Å²) in [7, 11) is 0. The lowest BCUT2D eigenvalue weighted by Crippen LogP contribution is -2.05. The van der Waals surface area contributed by atoms with Gasteiger partial charge in [0.1, 0.15) is 11.6 Å². The molecule has 2 heterocycles. The second-order valence-electron chi connectivity index (χ2n) is 8.45. The molecule has 0 amide bonds. The predicted molar refractivity (Wildman–Crippen MR) is 134 cm³/mol. The molecule has 0 atom stereocenters. The molecule has 6 nitrogen and oxygen atoms in total. The molecule has 0 N–H and O–H groups in total. The Labute approximate surface area is 207 Å². The van der Waals surface area contributed by atoms with Crippen molar-refractivity contribution >= 4 is 21.8 Å². The topological polar surface area (TPSA) is 86.2 Å². The molecule has 0 aliphatic rings. The van der Waals surface area contributed by atoms with E-state index < -0.39 is 22.9 Å². The number of fused-ring (bicyclic) bond motifs is 2. The van der Waals surface area contributed by atoms with Crippen LogP contribution in [-0.2, 0) is 6.42 Å². The van der Waals surface area contributed by atoms with Crippen molar-refractivity contribution in [2.75, 3.05) is 0 Å². The lowest BCUT2D eigenvalue weighted by atomic mass is 10.0. The average molecular weight is 494 g/mol. The van der Waals surface area contributed by atoms with Gasteiger partial charge < -0.3 is 8.83 Å². The zero-order chi connectivity index (χ0) is 25.5. The third kappa shape index (κ3) is 4.18. The Morgan fingerprint density at radius 2 is 1.03 bits per heavy atom. The SMILES string of the molecule is O=c1oc(-c2ccccc2F)nc2ccc(Cc3ccc4nc(-c5ccccc5F)oc(=O)c4c3)cc12. The molecule has 0 aliphatic heterocycles. The van der Waals surface area contributed by atoms with Gasteiger partial charge in [-0.3, -0.25) is 0 Å². The number of hydrogen-bond acceptors (Lipinski definition) is 6. The van der Waals surface area contributed by atoms with E-state index in [4.69, 9.17) is 8.83 Å². The Bertz CT molecular complexity index is 1810. The van der Waals surface area contributed by atoms with Gasteiger partial charge >= 0.3 is 11.3 Å². The van der Waals surface area contributed by atoms with Gasteiger partial charge in [0, 0.05) is 0 Å². The zero-order valence-electron chi connectivity index (χ0n) is 19.1. The standard InChI is InChI=1S/C29H16F2N2O4/c30-22-7-3-1-5-18(22)26-32-24-11-9-16(14-20(24)28(34)36-26)13-17-10-12-25-21(15-17)29(35)37-27(33-25)19-6-2-4-8-23(19)31/h1-12,14-15H,13H2. The fourth-order valence-electron chi connectivity index (χ4n) is 4.19. The second kappa shape index (κ2) is 8.91. The van der Waals surface area contributed by atoms with Crippen molar-refractivity contribution in [2.24, 2.45) is 0 Å². The summed E-state index contributed by atoms with van der Waals surface area (Å²) in [6.45, 7) is 0. The maximum absolute atomic E-state index is 14.1. The minimum Gasteiger partial charge on any atom is -0.403 e. The van der Waals surface area contributed by atoms with E-state index in [2.05, 4.69) is 9.97 Å². The Balaban J connectivity index is 1.34. The fourth-order valence-corrected chi connectivity index (χ4v) is 4.19. The Morgan fingerprint density at radius 3 is 1.46 bits per heavy atom. The minimum atomic E-state index is -0.630. The molecule has 0 radical (unpaired) electrons. The smallest absolute Gasteiger partial charge is 0.347 e. The highest BCUT2D eigenvalue weighted by Gasteiger charge is 2.15. The van der Waals surface area contributed by atoms with E-state index in [9.17, 15) is 18.4 Å². The van der Waals surface area contributed by atoms with E-state index in [1.54, 1.807) is 60.7 Å². The number of rotatable bonds is 4. The van der Waals surface area contributed by atoms with Crippen molar-refractivity contribution in [3.8, 4) is 22.9 Å². The summed E-state index contributed by atoms with van der Waals surface area (Å²) in [5, 5.41) is 0.517. The van der Waals surface area contributed by atoms with Crippen LogP contribution < -0.4 is 11.3 Å². The van der Waals surface area contributed by atoms with Crippen LogP contribution in [0.25, 0.3) is 44.7 Å². The molecule has 6 aromatic rings. The van der Waals surface area contributed by atoms with Gasteiger partial charge in [-0.25, -0.2) is 28.3 Å². The zero-order valence-corrected chi connectivity index (χ0v) is 19.1. The summed E-state index contributed by atoms with van der Waals surface area (Å²) in [4.78, 5) is 34.0. The van der Waals surface area contributed by atoms with Crippen LogP contribution in [0.15, 0.2) is 103 Å². The van der Waals surface area contributed by atoms with Crippen molar-refractivity contribution in [3.63, 3.8) is 0 Å². The highest BCUT2D eigenvalue weighted by Crippen LogP contribution is 2.24. The summed E-state index contributed by atoms with van der Waals surface area (Å²) in [5.74, 6) is -1.26. The number of benzene rings is 4. The van der Waals surface area contributed by atoms with Gasteiger partial charge in [0.05, 0.1) is 32.9 Å². The van der Waals surface area contributed by atoms with Crippen LogP contribution >= 0.6 is 0 Å². The van der Waals surface area contributed by atoms with E-state index in [0.29, 0.717) is 17.5 Å². The first-order valence-corrected chi connectivity index (χ1v) is 11.3. The monoisotopic (exact) mass is 494 g/mol. The van der Waals surface area contributed by atoms with Gasteiger partial charge in [0.2, 0.25) is 11.8 Å². The molecule has 4 aromatic carbocycles. The lowest BCUT2D eigenvalue weighted by Gasteiger charge is -2.07. The van der Waals surface area contributed by atoms with Crippen LogP contribution in [0.5, 0.6) is 0 Å². The molecule has 0 saturated heterocycles. The molecule has 6 rings (SSSR count). The number of hydrogen-bond donors (Lipinski definition) is 0. The Morgan fingerprint density at radius 1 is 0.595 bits per heavy atom. The first kappa shape index (κ1) is 22.5. The largest absolute Gasteiger partial charge is 0.403 e. The number of aromatic nitrogens is 2. The molecule has 0 spiro atoms. The third-order valence-electron chi connectivity index (χ3n) is 6.00. The summed E-state index contributed by atoms with van der Waals surface area (Å²) in [6, 6.07) is 22.1. The molecular weight excluding hydrogens is 478 g/mol. The molecule has 0 bridgehead atoms. The van der Waals surface area contributed by atoms with Crippen molar-refractivity contribution in [1.82, 2.24) is 9.97 Å². The van der Waals surface area contributed by atoms with Gasteiger partial charge in [-0.1, -0.05) is 36.4 Å². The summed E-state index contributed by atoms with van der Waals surface area (Å²) >= 11 is 0. The first-order chi connectivity index (χ1) is 18.0. The van der Waals surface area contributed by atoms with E-state index in [1.165, 1.54) is 24.3 Å². The van der Waals surface area contributed by atoms with Crippen LogP contribution in [-0.4, -0.2) is 9.97 Å². The Kier molecular flexibility index (Phi) is 5.41. The molecular formula is C29H16F2N2O4. The summed E-state index contributed by atoms with van der Waals surface area (Å²) in [5.41, 5.74) is 1.26. The lowest BCUT2D eigenvalue weighted by molar-refractivity contribution is 0.511. The first-order valence-electron chi connectivity index (χ1n) is 11.3. The van der Waals surface area contributed by atoms with Gasteiger partial charge in [-0.15, -0.1) is 0 Å². The van der Waals surface area contributed by atoms with Crippen LogP contribution in [0.1, 0.15) is 11.1 Å². The van der Waals surface area contributed by atoms with Gasteiger partial charge in [-0.05, 0) is 66.1 Å². The van der Waals surface area contributed by atoms with Gasteiger partial charge in [0.15, 0.2) is 0 Å². The van der Waals surface area contributed by atoms with Crippen LogP contribution in [0.3, 0.4) is 0 Å². The molecule has 0 saturated carbocycles. The highest BCUT2D eigenvalue weighted by atomic mass is 19.1. The van der Waals surface area contributed by atoms with Crippen molar-refractivity contribution < 1.29 is 17.6 Å².